The van der Waals surface area contributed by atoms with Crippen molar-refractivity contribution in [1.82, 2.24) is 4.90 Å². The number of nitrogens with two attached hydrogens (primary N) is 1. The largest absolute Gasteiger partial charge is 0.399 e. The minimum atomic E-state index is 0.0640. The Morgan fingerprint density at radius 3 is 2.95 bits per heavy atom. The first-order valence-electron chi connectivity index (χ1n) is 7.87. The molecule has 1 fully saturated rings. The van der Waals surface area contributed by atoms with Crippen molar-refractivity contribution < 1.29 is 4.79 Å². The molecule has 1 amide bonds. The average molecular weight is 289 g/mol. The summed E-state index contributed by atoms with van der Waals surface area (Å²) in [5, 5.41) is 2.97. The molecule has 1 aromatic carbocycles. The maximum absolute atomic E-state index is 12.1. The average Bonchev–Trinajstić information content (AvgIpc) is 2.44. The number of rotatable bonds is 4. The third-order valence-corrected chi connectivity index (χ3v) is 4.67. The number of piperidine rings is 1. The predicted octanol–water partition coefficient (Wildman–Crippen LogP) is 3.03. The fourth-order valence-corrected chi connectivity index (χ4v) is 2.97. The van der Waals surface area contributed by atoms with Crippen LogP contribution in [0.1, 0.15) is 38.7 Å². The summed E-state index contributed by atoms with van der Waals surface area (Å²) < 4.78 is 0. The second-order valence-electron chi connectivity index (χ2n) is 6.27. The highest BCUT2D eigenvalue weighted by molar-refractivity contribution is 5.92. The number of hydrogen-bond acceptors (Lipinski definition) is 3. The van der Waals surface area contributed by atoms with E-state index in [0.717, 1.165) is 30.3 Å². The Bertz CT molecular complexity index is 501. The van der Waals surface area contributed by atoms with Crippen molar-refractivity contribution in [2.45, 2.75) is 46.1 Å². The van der Waals surface area contributed by atoms with Crippen LogP contribution in [0.4, 0.5) is 11.4 Å². The lowest BCUT2D eigenvalue weighted by molar-refractivity contribution is -0.116. The number of nitrogens with one attached hydrogen (secondary N) is 1. The van der Waals surface area contributed by atoms with E-state index < -0.39 is 0 Å². The highest BCUT2D eigenvalue weighted by Gasteiger charge is 2.24. The van der Waals surface area contributed by atoms with E-state index in [4.69, 9.17) is 5.73 Å². The number of amides is 1. The van der Waals surface area contributed by atoms with Crippen LogP contribution in [-0.2, 0) is 4.79 Å². The maximum Gasteiger partial charge on any atom is 0.225 e. The summed E-state index contributed by atoms with van der Waals surface area (Å²) in [5.41, 5.74) is 8.30. The number of likely N-dealkylation sites (tertiary alicyclic amines) is 1. The van der Waals surface area contributed by atoms with Gasteiger partial charge in [0.1, 0.15) is 0 Å². The maximum atomic E-state index is 12.1. The Kier molecular flexibility index (Phi) is 5.23. The van der Waals surface area contributed by atoms with Gasteiger partial charge in [0.05, 0.1) is 0 Å². The molecule has 0 saturated carbocycles. The number of nitrogen functional groups attached to an aromatic ring is 1. The molecule has 1 aliphatic rings. The van der Waals surface area contributed by atoms with Crippen LogP contribution >= 0.6 is 0 Å². The van der Waals surface area contributed by atoms with Gasteiger partial charge >= 0.3 is 0 Å². The lowest BCUT2D eigenvalue weighted by atomic mass is 9.92. The number of anilines is 2. The predicted molar refractivity (Wildman–Crippen MR) is 88.3 cm³/mol. The van der Waals surface area contributed by atoms with Gasteiger partial charge in [0.2, 0.25) is 5.91 Å². The van der Waals surface area contributed by atoms with Crippen molar-refractivity contribution in [2.75, 3.05) is 24.1 Å². The van der Waals surface area contributed by atoms with Gasteiger partial charge < -0.3 is 11.1 Å². The first-order chi connectivity index (χ1) is 9.97. The molecular weight excluding hydrogens is 262 g/mol. The Morgan fingerprint density at radius 1 is 1.43 bits per heavy atom. The number of carbonyl (C=O) groups is 1. The number of nitrogens with zero attached hydrogens (tertiary/aromatic N) is 1. The summed E-state index contributed by atoms with van der Waals surface area (Å²) in [6.45, 7) is 8.48. The van der Waals surface area contributed by atoms with Crippen LogP contribution in [0.25, 0.3) is 0 Å². The van der Waals surface area contributed by atoms with Gasteiger partial charge in [-0.3, -0.25) is 9.69 Å². The molecule has 2 unspecified atom stereocenters. The first kappa shape index (κ1) is 15.8. The third kappa shape index (κ3) is 4.21. The van der Waals surface area contributed by atoms with E-state index in [9.17, 15) is 4.79 Å². The van der Waals surface area contributed by atoms with Gasteiger partial charge in [0.15, 0.2) is 0 Å². The van der Waals surface area contributed by atoms with Crippen LogP contribution in [0.5, 0.6) is 0 Å². The zero-order chi connectivity index (χ0) is 15.4. The molecule has 116 valence electrons. The molecule has 1 aliphatic heterocycles. The van der Waals surface area contributed by atoms with Gasteiger partial charge in [-0.1, -0.05) is 13.0 Å². The third-order valence-electron chi connectivity index (χ3n) is 4.67. The standard InChI is InChI=1S/C17H27N3O/c1-12-5-4-9-20(14(12)3)10-8-17(21)19-16-11-15(18)7-6-13(16)2/h6-7,11-12,14H,4-5,8-10,18H2,1-3H3,(H,19,21). The molecular formula is C17H27N3O. The van der Waals surface area contributed by atoms with E-state index in [1.54, 1.807) is 0 Å². The molecule has 1 saturated heterocycles. The second-order valence-corrected chi connectivity index (χ2v) is 6.27. The Hall–Kier alpha value is -1.55. The Labute approximate surface area is 127 Å². The van der Waals surface area contributed by atoms with E-state index in [2.05, 4.69) is 24.1 Å². The summed E-state index contributed by atoms with van der Waals surface area (Å²) in [7, 11) is 0. The fourth-order valence-electron chi connectivity index (χ4n) is 2.97. The molecule has 0 aliphatic carbocycles. The molecule has 0 spiro atoms. The van der Waals surface area contributed by atoms with Crippen molar-refractivity contribution in [3.05, 3.63) is 23.8 Å². The molecule has 2 rings (SSSR count). The molecule has 0 bridgehead atoms. The van der Waals surface area contributed by atoms with Gasteiger partial charge in [-0.2, -0.15) is 0 Å². The number of carbonyl (C=O) groups excluding carboxylic acids is 1. The van der Waals surface area contributed by atoms with Crippen LogP contribution in [0.2, 0.25) is 0 Å². The van der Waals surface area contributed by atoms with Crippen molar-refractivity contribution in [1.29, 1.82) is 0 Å². The Morgan fingerprint density at radius 2 is 2.19 bits per heavy atom. The van der Waals surface area contributed by atoms with E-state index >= 15 is 0 Å². The van der Waals surface area contributed by atoms with Crippen molar-refractivity contribution in [3.63, 3.8) is 0 Å². The Balaban J connectivity index is 1.86. The van der Waals surface area contributed by atoms with E-state index in [-0.39, 0.29) is 5.91 Å². The van der Waals surface area contributed by atoms with E-state index in [0.29, 0.717) is 18.2 Å². The fraction of sp³-hybridized carbons (Fsp3) is 0.588. The van der Waals surface area contributed by atoms with Crippen LogP contribution < -0.4 is 11.1 Å². The molecule has 1 aromatic rings. The smallest absolute Gasteiger partial charge is 0.225 e. The summed E-state index contributed by atoms with van der Waals surface area (Å²) >= 11 is 0. The minimum Gasteiger partial charge on any atom is -0.399 e. The molecule has 3 N–H and O–H groups in total. The van der Waals surface area contributed by atoms with E-state index in [1.165, 1.54) is 12.8 Å². The SMILES string of the molecule is Cc1ccc(N)cc1NC(=O)CCN1CCCC(C)C1C. The molecule has 0 aromatic heterocycles. The topological polar surface area (TPSA) is 58.4 Å². The zero-order valence-corrected chi connectivity index (χ0v) is 13.4. The van der Waals surface area contributed by atoms with Gasteiger partial charge in [-0.15, -0.1) is 0 Å². The molecule has 4 nitrogen and oxygen atoms in total. The number of benzene rings is 1. The molecule has 21 heavy (non-hydrogen) atoms. The monoisotopic (exact) mass is 289 g/mol. The summed E-state index contributed by atoms with van der Waals surface area (Å²) in [5.74, 6) is 0.784. The van der Waals surface area contributed by atoms with Crippen LogP contribution in [-0.4, -0.2) is 29.9 Å². The van der Waals surface area contributed by atoms with Gasteiger partial charge in [-0.25, -0.2) is 0 Å². The highest BCUT2D eigenvalue weighted by Crippen LogP contribution is 2.23. The zero-order valence-electron chi connectivity index (χ0n) is 13.4. The first-order valence-corrected chi connectivity index (χ1v) is 7.87. The van der Waals surface area contributed by atoms with Crippen molar-refractivity contribution >= 4 is 17.3 Å². The van der Waals surface area contributed by atoms with Crippen LogP contribution in [0.3, 0.4) is 0 Å². The van der Waals surface area contributed by atoms with Gasteiger partial charge in [0, 0.05) is 30.4 Å². The number of aryl methyl sites for hydroxylation is 1. The second kappa shape index (κ2) is 6.94. The summed E-state index contributed by atoms with van der Waals surface area (Å²) in [6, 6.07) is 6.17. The number of hydrogen-bond donors (Lipinski definition) is 2. The summed E-state index contributed by atoms with van der Waals surface area (Å²) in [6.07, 6.45) is 3.07. The highest BCUT2D eigenvalue weighted by atomic mass is 16.1. The molecule has 2 atom stereocenters. The lowest BCUT2D eigenvalue weighted by Crippen LogP contribution is -2.43. The molecule has 4 heteroatoms. The normalized spacial score (nSPS) is 23.0. The molecule has 0 radical (unpaired) electrons. The quantitative estimate of drug-likeness (QED) is 0.838. The van der Waals surface area contributed by atoms with Gasteiger partial charge in [0.25, 0.3) is 0 Å². The van der Waals surface area contributed by atoms with Crippen LogP contribution in [0.15, 0.2) is 18.2 Å². The lowest BCUT2D eigenvalue weighted by Gasteiger charge is -2.37. The molecule has 1 heterocycles. The van der Waals surface area contributed by atoms with Crippen molar-refractivity contribution in [3.8, 4) is 0 Å². The van der Waals surface area contributed by atoms with Crippen molar-refractivity contribution in [2.24, 2.45) is 5.92 Å². The van der Waals surface area contributed by atoms with Gasteiger partial charge in [-0.05, 0) is 56.8 Å². The van der Waals surface area contributed by atoms with Crippen LogP contribution in [0, 0.1) is 12.8 Å². The summed E-state index contributed by atoms with van der Waals surface area (Å²) in [4.78, 5) is 14.6. The van der Waals surface area contributed by atoms with E-state index in [1.807, 2.05) is 25.1 Å². The minimum absolute atomic E-state index is 0.0640.